The minimum Gasteiger partial charge on any atom is -0.338 e. The molecule has 1 aromatic rings. The molecule has 0 radical (unpaired) electrons. The highest BCUT2D eigenvalue weighted by atomic mass is 15.0. The van der Waals surface area contributed by atoms with Gasteiger partial charge in [0, 0.05) is 31.9 Å². The Morgan fingerprint density at radius 2 is 2.11 bits per heavy atom. The molecule has 0 amide bonds. The number of aromatic nitrogens is 2. The molecule has 1 heterocycles. The van der Waals surface area contributed by atoms with E-state index < -0.39 is 0 Å². The van der Waals surface area contributed by atoms with Crippen molar-refractivity contribution in [2.24, 2.45) is 24.8 Å². The first kappa shape index (κ1) is 12.2. The number of hydrogen-bond donors (Lipinski definition) is 1. The molecule has 2 aliphatic rings. The fourth-order valence-corrected chi connectivity index (χ4v) is 4.04. The lowest BCUT2D eigenvalue weighted by molar-refractivity contribution is 0.426. The van der Waals surface area contributed by atoms with Crippen molar-refractivity contribution in [2.45, 2.75) is 45.1 Å². The van der Waals surface area contributed by atoms with Crippen molar-refractivity contribution in [3.63, 3.8) is 0 Å². The number of nitrogens with one attached hydrogen (secondary N) is 1. The molecule has 2 saturated carbocycles. The average molecular weight is 247 g/mol. The van der Waals surface area contributed by atoms with E-state index in [9.17, 15) is 0 Å². The van der Waals surface area contributed by atoms with Crippen molar-refractivity contribution in [2.75, 3.05) is 6.54 Å². The van der Waals surface area contributed by atoms with Crippen molar-refractivity contribution in [1.82, 2.24) is 14.9 Å². The standard InChI is InChI=1S/C15H25N3/c1-3-16-13(10-14-17-8-9-18(14)2)15-11-6-4-5-7-12(11)15/h8-9,11-13,15-16H,3-7,10H2,1-2H3. The first-order valence-corrected chi connectivity index (χ1v) is 7.51. The Morgan fingerprint density at radius 1 is 1.39 bits per heavy atom. The maximum absolute atomic E-state index is 4.49. The third-order valence-electron chi connectivity index (χ3n) is 4.98. The van der Waals surface area contributed by atoms with E-state index in [1.807, 2.05) is 6.20 Å². The molecule has 100 valence electrons. The zero-order chi connectivity index (χ0) is 12.5. The van der Waals surface area contributed by atoms with Gasteiger partial charge in [-0.1, -0.05) is 19.8 Å². The van der Waals surface area contributed by atoms with Crippen LogP contribution in [0.25, 0.3) is 0 Å². The molecular formula is C15H25N3. The summed E-state index contributed by atoms with van der Waals surface area (Å²) in [5.74, 6) is 4.18. The molecule has 1 aromatic heterocycles. The van der Waals surface area contributed by atoms with Gasteiger partial charge in [0.2, 0.25) is 0 Å². The summed E-state index contributed by atoms with van der Waals surface area (Å²) in [5, 5.41) is 3.71. The molecule has 2 aliphatic carbocycles. The predicted molar refractivity (Wildman–Crippen MR) is 73.3 cm³/mol. The third kappa shape index (κ3) is 2.20. The van der Waals surface area contributed by atoms with E-state index in [2.05, 4.69) is 35.0 Å². The maximum atomic E-state index is 4.49. The molecule has 2 fully saturated rings. The van der Waals surface area contributed by atoms with Crippen molar-refractivity contribution in [3.8, 4) is 0 Å². The van der Waals surface area contributed by atoms with Crippen LogP contribution in [0.2, 0.25) is 0 Å². The van der Waals surface area contributed by atoms with E-state index >= 15 is 0 Å². The lowest BCUT2D eigenvalue weighted by Crippen LogP contribution is -2.35. The van der Waals surface area contributed by atoms with E-state index in [-0.39, 0.29) is 0 Å². The number of fused-ring (bicyclic) bond motifs is 1. The van der Waals surface area contributed by atoms with Gasteiger partial charge in [0.15, 0.2) is 0 Å². The van der Waals surface area contributed by atoms with Gasteiger partial charge in [0.25, 0.3) is 0 Å². The average Bonchev–Trinajstić information content (AvgIpc) is 2.98. The van der Waals surface area contributed by atoms with Crippen LogP contribution in [-0.4, -0.2) is 22.1 Å². The Labute approximate surface area is 110 Å². The van der Waals surface area contributed by atoms with Gasteiger partial charge in [-0.3, -0.25) is 0 Å². The molecule has 0 bridgehead atoms. The smallest absolute Gasteiger partial charge is 0.109 e. The van der Waals surface area contributed by atoms with Gasteiger partial charge in [-0.15, -0.1) is 0 Å². The summed E-state index contributed by atoms with van der Waals surface area (Å²) in [6, 6.07) is 0.643. The van der Waals surface area contributed by atoms with Gasteiger partial charge < -0.3 is 9.88 Å². The molecule has 3 unspecified atom stereocenters. The molecule has 3 atom stereocenters. The van der Waals surface area contributed by atoms with E-state index in [1.54, 1.807) is 0 Å². The largest absolute Gasteiger partial charge is 0.338 e. The van der Waals surface area contributed by atoms with E-state index in [4.69, 9.17) is 0 Å². The van der Waals surface area contributed by atoms with Crippen LogP contribution in [0, 0.1) is 17.8 Å². The zero-order valence-corrected chi connectivity index (χ0v) is 11.6. The minimum atomic E-state index is 0.643. The third-order valence-corrected chi connectivity index (χ3v) is 4.98. The molecule has 0 aromatic carbocycles. The fourth-order valence-electron chi connectivity index (χ4n) is 4.04. The molecule has 3 rings (SSSR count). The van der Waals surface area contributed by atoms with Crippen LogP contribution in [0.4, 0.5) is 0 Å². The normalized spacial score (nSPS) is 32.0. The topological polar surface area (TPSA) is 29.9 Å². The molecular weight excluding hydrogens is 222 g/mol. The molecule has 0 aliphatic heterocycles. The lowest BCUT2D eigenvalue weighted by Gasteiger charge is -2.18. The molecule has 1 N–H and O–H groups in total. The first-order chi connectivity index (χ1) is 8.81. The van der Waals surface area contributed by atoms with E-state index in [0.29, 0.717) is 6.04 Å². The summed E-state index contributed by atoms with van der Waals surface area (Å²) in [6.07, 6.45) is 10.9. The number of aryl methyl sites for hydroxylation is 1. The fraction of sp³-hybridized carbons (Fsp3) is 0.800. The number of likely N-dealkylation sites (N-methyl/N-ethyl adjacent to an activating group) is 1. The second-order valence-electron chi connectivity index (χ2n) is 6.01. The quantitative estimate of drug-likeness (QED) is 0.866. The maximum Gasteiger partial charge on any atom is 0.109 e. The SMILES string of the molecule is CCNC(Cc1nccn1C)C1C2CCCCC21. The van der Waals surface area contributed by atoms with Crippen LogP contribution in [-0.2, 0) is 13.5 Å². The van der Waals surface area contributed by atoms with E-state index in [1.165, 1.54) is 31.5 Å². The summed E-state index contributed by atoms with van der Waals surface area (Å²) < 4.78 is 2.16. The number of rotatable bonds is 5. The highest BCUT2D eigenvalue weighted by molar-refractivity contribution is 5.07. The van der Waals surface area contributed by atoms with Crippen molar-refractivity contribution < 1.29 is 0 Å². The predicted octanol–water partition coefficient (Wildman–Crippen LogP) is 2.38. The van der Waals surface area contributed by atoms with Gasteiger partial charge in [0.1, 0.15) is 5.82 Å². The number of imidazole rings is 1. The van der Waals surface area contributed by atoms with Crippen LogP contribution in [0.15, 0.2) is 12.4 Å². The van der Waals surface area contributed by atoms with Gasteiger partial charge >= 0.3 is 0 Å². The van der Waals surface area contributed by atoms with Crippen LogP contribution >= 0.6 is 0 Å². The van der Waals surface area contributed by atoms with Gasteiger partial charge in [-0.05, 0) is 37.1 Å². The Morgan fingerprint density at radius 3 is 2.67 bits per heavy atom. The van der Waals surface area contributed by atoms with Crippen LogP contribution in [0.1, 0.15) is 38.4 Å². The summed E-state index contributed by atoms with van der Waals surface area (Å²) in [5.41, 5.74) is 0. The van der Waals surface area contributed by atoms with Crippen molar-refractivity contribution >= 4 is 0 Å². The summed E-state index contributed by atoms with van der Waals surface area (Å²) in [4.78, 5) is 4.49. The second kappa shape index (κ2) is 5.04. The van der Waals surface area contributed by atoms with Crippen molar-refractivity contribution in [1.29, 1.82) is 0 Å². The van der Waals surface area contributed by atoms with Gasteiger partial charge in [0.05, 0.1) is 0 Å². The number of nitrogens with zero attached hydrogens (tertiary/aromatic N) is 2. The van der Waals surface area contributed by atoms with E-state index in [0.717, 1.165) is 30.7 Å². The van der Waals surface area contributed by atoms with Crippen LogP contribution in [0.5, 0.6) is 0 Å². The summed E-state index contributed by atoms with van der Waals surface area (Å²) in [7, 11) is 2.10. The second-order valence-corrected chi connectivity index (χ2v) is 6.01. The molecule has 3 heteroatoms. The molecule has 0 spiro atoms. The lowest BCUT2D eigenvalue weighted by atomic mass is 10.0. The Bertz CT molecular complexity index is 386. The minimum absolute atomic E-state index is 0.643. The highest BCUT2D eigenvalue weighted by Crippen LogP contribution is 2.57. The molecule has 3 nitrogen and oxygen atoms in total. The van der Waals surface area contributed by atoms with Crippen LogP contribution < -0.4 is 5.32 Å². The first-order valence-electron chi connectivity index (χ1n) is 7.51. The molecule has 18 heavy (non-hydrogen) atoms. The monoisotopic (exact) mass is 247 g/mol. The summed E-state index contributed by atoms with van der Waals surface area (Å²) >= 11 is 0. The highest BCUT2D eigenvalue weighted by Gasteiger charge is 2.53. The van der Waals surface area contributed by atoms with Crippen molar-refractivity contribution in [3.05, 3.63) is 18.2 Å². The Kier molecular flexibility index (Phi) is 3.42. The zero-order valence-electron chi connectivity index (χ0n) is 11.6. The van der Waals surface area contributed by atoms with Gasteiger partial charge in [-0.25, -0.2) is 4.98 Å². The summed E-state index contributed by atoms with van der Waals surface area (Å²) in [6.45, 7) is 3.29. The molecule has 0 saturated heterocycles. The Balaban J connectivity index is 1.67. The number of hydrogen-bond acceptors (Lipinski definition) is 2. The Hall–Kier alpha value is -0.830. The van der Waals surface area contributed by atoms with Crippen LogP contribution in [0.3, 0.4) is 0 Å². The van der Waals surface area contributed by atoms with Gasteiger partial charge in [-0.2, -0.15) is 0 Å².